The van der Waals surface area contributed by atoms with Gasteiger partial charge in [-0.05, 0) is 41.7 Å². The average molecular weight is 304 g/mol. The van der Waals surface area contributed by atoms with Crippen LogP contribution in [0.25, 0.3) is 0 Å². The summed E-state index contributed by atoms with van der Waals surface area (Å²) in [4.78, 5) is 4.29. The summed E-state index contributed by atoms with van der Waals surface area (Å²) >= 11 is 0. The fourth-order valence-electron chi connectivity index (χ4n) is 1.91. The number of hydrogen-bond acceptors (Lipinski definition) is 3. The molecule has 0 aliphatic rings. The lowest BCUT2D eigenvalue weighted by molar-refractivity contribution is 0.587. The second-order valence-corrected chi connectivity index (χ2v) is 7.73. The maximum atomic E-state index is 12.4. The van der Waals surface area contributed by atoms with Gasteiger partial charge in [-0.3, -0.25) is 4.72 Å². The molecule has 0 bridgehead atoms. The summed E-state index contributed by atoms with van der Waals surface area (Å²) in [6, 6.07) is 10.5. The largest absolute Gasteiger partial charge is 0.263 e. The van der Waals surface area contributed by atoms with E-state index in [0.717, 1.165) is 11.1 Å². The average Bonchev–Trinajstić information content (AvgIpc) is 2.40. The Morgan fingerprint density at radius 3 is 2.19 bits per heavy atom. The van der Waals surface area contributed by atoms with Crippen LogP contribution in [-0.2, 0) is 15.4 Å². The van der Waals surface area contributed by atoms with Crippen LogP contribution < -0.4 is 4.72 Å². The van der Waals surface area contributed by atoms with E-state index in [1.54, 1.807) is 24.4 Å². The molecule has 1 N–H and O–H groups in total. The first-order chi connectivity index (χ1) is 9.70. The van der Waals surface area contributed by atoms with Gasteiger partial charge in [-0.25, -0.2) is 13.4 Å². The summed E-state index contributed by atoms with van der Waals surface area (Å²) in [5.74, 6) is 0.359. The number of benzene rings is 1. The Hall–Kier alpha value is -1.88. The summed E-state index contributed by atoms with van der Waals surface area (Å²) < 4.78 is 27.2. The van der Waals surface area contributed by atoms with Gasteiger partial charge in [0.2, 0.25) is 0 Å². The van der Waals surface area contributed by atoms with Crippen LogP contribution in [-0.4, -0.2) is 13.4 Å². The van der Waals surface area contributed by atoms with Crippen LogP contribution in [0.4, 0.5) is 5.82 Å². The van der Waals surface area contributed by atoms with Gasteiger partial charge in [-0.2, -0.15) is 0 Å². The maximum absolute atomic E-state index is 12.4. The van der Waals surface area contributed by atoms with Crippen molar-refractivity contribution >= 4 is 15.8 Å². The molecule has 1 aromatic carbocycles. The molecule has 1 heterocycles. The molecule has 0 atom stereocenters. The van der Waals surface area contributed by atoms with E-state index in [2.05, 4.69) is 30.5 Å². The lowest BCUT2D eigenvalue weighted by Crippen LogP contribution is -2.16. The number of aromatic nitrogens is 1. The van der Waals surface area contributed by atoms with Gasteiger partial charge >= 0.3 is 0 Å². The summed E-state index contributed by atoms with van der Waals surface area (Å²) in [7, 11) is -3.61. The molecule has 0 radical (unpaired) electrons. The Bertz CT molecular complexity index is 730. The standard InChI is InChI=1S/C16H20N2O2S/c1-12-6-5-11-17-15(12)18-21(19,20)14-9-7-13(8-10-14)16(2,3)4/h5-11H,1-4H3,(H,17,18). The fraction of sp³-hybridized carbons (Fsp3) is 0.312. The summed E-state index contributed by atoms with van der Waals surface area (Å²) in [6.45, 7) is 8.08. The highest BCUT2D eigenvalue weighted by Crippen LogP contribution is 2.24. The molecule has 21 heavy (non-hydrogen) atoms. The minimum absolute atomic E-state index is 0.00665. The molecule has 112 valence electrons. The van der Waals surface area contributed by atoms with Gasteiger partial charge in [0.15, 0.2) is 0 Å². The van der Waals surface area contributed by atoms with Gasteiger partial charge in [-0.1, -0.05) is 39.0 Å². The molecule has 0 saturated heterocycles. The molecule has 0 aliphatic heterocycles. The van der Waals surface area contributed by atoms with Crippen LogP contribution >= 0.6 is 0 Å². The minimum atomic E-state index is -3.61. The van der Waals surface area contributed by atoms with E-state index in [0.29, 0.717) is 5.82 Å². The molecule has 0 amide bonds. The van der Waals surface area contributed by atoms with Crippen molar-refractivity contribution < 1.29 is 8.42 Å². The van der Waals surface area contributed by atoms with E-state index in [9.17, 15) is 8.42 Å². The Kier molecular flexibility index (Phi) is 4.05. The van der Waals surface area contributed by atoms with Gasteiger partial charge in [0, 0.05) is 6.20 Å². The number of nitrogens with zero attached hydrogens (tertiary/aromatic N) is 1. The van der Waals surface area contributed by atoms with Crippen molar-refractivity contribution in [1.82, 2.24) is 4.98 Å². The van der Waals surface area contributed by atoms with Crippen molar-refractivity contribution in [2.24, 2.45) is 0 Å². The summed E-state index contributed by atoms with van der Waals surface area (Å²) in [5, 5.41) is 0. The van der Waals surface area contributed by atoms with Gasteiger partial charge in [-0.15, -0.1) is 0 Å². The van der Waals surface area contributed by atoms with E-state index in [1.807, 2.05) is 25.1 Å². The first-order valence-corrected chi connectivity index (χ1v) is 8.23. The number of aryl methyl sites for hydroxylation is 1. The molecule has 0 unspecified atom stereocenters. The van der Waals surface area contributed by atoms with Crippen molar-refractivity contribution in [1.29, 1.82) is 0 Å². The van der Waals surface area contributed by atoms with E-state index in [1.165, 1.54) is 0 Å². The highest BCUT2D eigenvalue weighted by Gasteiger charge is 2.18. The zero-order chi connectivity index (χ0) is 15.7. The Morgan fingerprint density at radius 2 is 1.67 bits per heavy atom. The summed E-state index contributed by atoms with van der Waals surface area (Å²) in [5.41, 5.74) is 1.87. The van der Waals surface area contributed by atoms with E-state index >= 15 is 0 Å². The quantitative estimate of drug-likeness (QED) is 0.944. The van der Waals surface area contributed by atoms with Crippen LogP contribution in [0.1, 0.15) is 31.9 Å². The van der Waals surface area contributed by atoms with Crippen molar-refractivity contribution in [2.45, 2.75) is 38.0 Å². The molecule has 2 rings (SSSR count). The van der Waals surface area contributed by atoms with Crippen LogP contribution in [0.2, 0.25) is 0 Å². The van der Waals surface area contributed by atoms with Crippen LogP contribution in [0, 0.1) is 6.92 Å². The third-order valence-electron chi connectivity index (χ3n) is 3.27. The van der Waals surface area contributed by atoms with E-state index in [4.69, 9.17) is 0 Å². The molecule has 2 aromatic rings. The fourth-order valence-corrected chi connectivity index (χ4v) is 2.99. The number of sulfonamides is 1. The second kappa shape index (κ2) is 5.48. The number of rotatable bonds is 3. The lowest BCUT2D eigenvalue weighted by Gasteiger charge is -2.19. The van der Waals surface area contributed by atoms with Gasteiger partial charge in [0.05, 0.1) is 4.90 Å². The van der Waals surface area contributed by atoms with Crippen LogP contribution in [0.3, 0.4) is 0 Å². The number of hydrogen-bond donors (Lipinski definition) is 1. The molecule has 0 aliphatic carbocycles. The van der Waals surface area contributed by atoms with Crippen LogP contribution in [0.5, 0.6) is 0 Å². The minimum Gasteiger partial charge on any atom is -0.263 e. The third-order valence-corrected chi connectivity index (χ3v) is 4.63. The number of pyridine rings is 1. The SMILES string of the molecule is Cc1cccnc1NS(=O)(=O)c1ccc(C(C)(C)C)cc1. The zero-order valence-corrected chi connectivity index (χ0v) is 13.5. The number of nitrogens with one attached hydrogen (secondary N) is 1. The molecule has 1 aromatic heterocycles. The predicted octanol–water partition coefficient (Wildman–Crippen LogP) is 3.49. The lowest BCUT2D eigenvalue weighted by atomic mass is 9.87. The summed E-state index contributed by atoms with van der Waals surface area (Å²) in [6.07, 6.45) is 1.56. The molecule has 5 heteroatoms. The zero-order valence-electron chi connectivity index (χ0n) is 12.7. The molecule has 4 nitrogen and oxygen atoms in total. The highest BCUT2D eigenvalue weighted by molar-refractivity contribution is 7.92. The molecular formula is C16H20N2O2S. The highest BCUT2D eigenvalue weighted by atomic mass is 32.2. The van der Waals surface area contributed by atoms with E-state index in [-0.39, 0.29) is 10.3 Å². The van der Waals surface area contributed by atoms with Gasteiger partial charge in [0.25, 0.3) is 10.0 Å². The first kappa shape index (κ1) is 15.5. The maximum Gasteiger partial charge on any atom is 0.263 e. The molecule has 0 fully saturated rings. The third kappa shape index (κ3) is 3.61. The van der Waals surface area contributed by atoms with Crippen LogP contribution in [0.15, 0.2) is 47.5 Å². The predicted molar refractivity (Wildman–Crippen MR) is 84.9 cm³/mol. The molecule has 0 spiro atoms. The normalized spacial score (nSPS) is 12.2. The molecular weight excluding hydrogens is 284 g/mol. The van der Waals surface area contributed by atoms with Crippen molar-refractivity contribution in [3.05, 3.63) is 53.7 Å². The molecule has 0 saturated carbocycles. The monoisotopic (exact) mass is 304 g/mol. The van der Waals surface area contributed by atoms with Crippen molar-refractivity contribution in [2.75, 3.05) is 4.72 Å². The second-order valence-electron chi connectivity index (χ2n) is 6.05. The smallest absolute Gasteiger partial charge is 0.263 e. The number of anilines is 1. The first-order valence-electron chi connectivity index (χ1n) is 6.75. The Balaban J connectivity index is 2.30. The Morgan fingerprint density at radius 1 is 1.05 bits per heavy atom. The van der Waals surface area contributed by atoms with Crippen molar-refractivity contribution in [3.63, 3.8) is 0 Å². The van der Waals surface area contributed by atoms with E-state index < -0.39 is 10.0 Å². The van der Waals surface area contributed by atoms with Gasteiger partial charge in [0.1, 0.15) is 5.82 Å². The topological polar surface area (TPSA) is 59.1 Å². The van der Waals surface area contributed by atoms with Crippen molar-refractivity contribution in [3.8, 4) is 0 Å². The van der Waals surface area contributed by atoms with Gasteiger partial charge < -0.3 is 0 Å². The Labute approximate surface area is 126 Å².